The number of ether oxygens (including phenoxy) is 2. The number of hydrogen-bond acceptors (Lipinski definition) is 11. The number of anilines is 1. The van der Waals surface area contributed by atoms with Gasteiger partial charge in [-0.15, -0.1) is 0 Å². The molecule has 5 rings (SSSR count). The number of aliphatic hydroxyl groups excluding tert-OH is 2. The van der Waals surface area contributed by atoms with Gasteiger partial charge in [-0.1, -0.05) is 18.2 Å². The van der Waals surface area contributed by atoms with E-state index in [1.165, 1.54) is 12.7 Å². The first-order valence-electron chi connectivity index (χ1n) is 11.4. The molecule has 4 heterocycles. The Balaban J connectivity index is 1.37. The van der Waals surface area contributed by atoms with Gasteiger partial charge in [0.2, 0.25) is 0 Å². The van der Waals surface area contributed by atoms with Crippen molar-refractivity contribution in [2.45, 2.75) is 24.5 Å². The van der Waals surface area contributed by atoms with E-state index >= 15 is 0 Å². The zero-order valence-corrected chi connectivity index (χ0v) is 20.0. The molecular weight excluding hydrogens is 492 g/mol. The summed E-state index contributed by atoms with van der Waals surface area (Å²) in [6.45, 7) is 0.298. The van der Waals surface area contributed by atoms with E-state index < -0.39 is 41.0 Å². The van der Waals surface area contributed by atoms with Crippen molar-refractivity contribution in [2.24, 2.45) is 0 Å². The number of nitrogens with one attached hydrogen (secondary N) is 1. The van der Waals surface area contributed by atoms with Crippen LogP contribution in [0.2, 0.25) is 0 Å². The van der Waals surface area contributed by atoms with Crippen LogP contribution in [0.5, 0.6) is 0 Å². The quantitative estimate of drug-likeness (QED) is 0.365. The highest BCUT2D eigenvalue weighted by Gasteiger charge is 2.46. The maximum Gasteiger partial charge on any atom is 0.256 e. The molecule has 36 heavy (non-hydrogen) atoms. The topological polar surface area (TPSA) is 169 Å². The van der Waals surface area contributed by atoms with Crippen LogP contribution in [-0.2, 0) is 19.3 Å². The largest absolute Gasteiger partial charge is 0.394 e. The van der Waals surface area contributed by atoms with E-state index in [4.69, 9.17) is 9.47 Å². The maximum atomic E-state index is 12.6. The molecule has 2 aliphatic rings. The number of carbonyl (C=O) groups excluding carboxylic acids is 1. The minimum Gasteiger partial charge on any atom is -0.394 e. The van der Waals surface area contributed by atoms with Crippen molar-refractivity contribution in [1.82, 2.24) is 24.4 Å². The smallest absolute Gasteiger partial charge is 0.256 e. The molecule has 13 nitrogen and oxygen atoms in total. The van der Waals surface area contributed by atoms with Crippen molar-refractivity contribution in [3.8, 4) is 0 Å². The zero-order chi connectivity index (χ0) is 25.3. The minimum atomic E-state index is -3.04. The number of aromatic nitrogens is 4. The van der Waals surface area contributed by atoms with Gasteiger partial charge in [-0.25, -0.2) is 23.4 Å². The maximum absolute atomic E-state index is 12.6. The number of nitrogens with zero attached hydrogens (tertiary/aromatic N) is 5. The highest BCUT2D eigenvalue weighted by atomic mass is 32.2. The van der Waals surface area contributed by atoms with Gasteiger partial charge in [0.25, 0.3) is 5.91 Å². The molecule has 14 heteroatoms. The molecule has 4 atom stereocenters. The second-order valence-corrected chi connectivity index (χ2v) is 10.9. The first-order valence-corrected chi connectivity index (χ1v) is 13.2. The fraction of sp³-hybridized carbons (Fsp3) is 0.455. The predicted molar refractivity (Wildman–Crippen MR) is 127 cm³/mol. The second kappa shape index (κ2) is 10.2. The third-order valence-electron chi connectivity index (χ3n) is 6.28. The van der Waals surface area contributed by atoms with E-state index in [0.29, 0.717) is 29.8 Å². The standard InChI is InChI=1S/C22H26N6O7S/c29-10-15-17(30)18(34-13-27-6-8-36(32,33)9-7-27)22(35-15)28-12-25-16-19(23-11-24-20(16)28)26-21(31)14-4-2-1-3-5-14/h1-5,11-12,15,17-18,22,29-30H,6-10,13H2,(H,23,24,26,31)/t15-,17?,18?,22-/m1/s1. The number of fused-ring (bicyclic) bond motifs is 1. The summed E-state index contributed by atoms with van der Waals surface area (Å²) in [5.74, 6) is -0.0632. The van der Waals surface area contributed by atoms with Crippen LogP contribution in [-0.4, -0.2) is 105 Å². The number of carbonyl (C=O) groups is 1. The van der Waals surface area contributed by atoms with Crippen molar-refractivity contribution in [3.63, 3.8) is 0 Å². The first-order chi connectivity index (χ1) is 17.4. The number of imidazole rings is 1. The lowest BCUT2D eigenvalue weighted by Gasteiger charge is -2.29. The van der Waals surface area contributed by atoms with Crippen LogP contribution in [0.1, 0.15) is 16.6 Å². The summed E-state index contributed by atoms with van der Waals surface area (Å²) >= 11 is 0. The summed E-state index contributed by atoms with van der Waals surface area (Å²) in [7, 11) is -3.04. The number of hydrogen-bond donors (Lipinski definition) is 3. The number of rotatable bonds is 7. The average molecular weight is 519 g/mol. The van der Waals surface area contributed by atoms with Crippen molar-refractivity contribution >= 4 is 32.7 Å². The number of sulfone groups is 1. The van der Waals surface area contributed by atoms with Crippen LogP contribution in [0.3, 0.4) is 0 Å². The number of amides is 1. The molecule has 1 amide bonds. The van der Waals surface area contributed by atoms with Gasteiger partial charge in [0.05, 0.1) is 31.2 Å². The van der Waals surface area contributed by atoms with Crippen molar-refractivity contribution in [3.05, 3.63) is 48.5 Å². The molecule has 2 unspecified atom stereocenters. The molecule has 0 saturated carbocycles. The lowest BCUT2D eigenvalue weighted by atomic mass is 10.1. The van der Waals surface area contributed by atoms with Crippen molar-refractivity contribution < 1.29 is 32.9 Å². The molecular formula is C22H26N6O7S. The highest BCUT2D eigenvalue weighted by Crippen LogP contribution is 2.34. The van der Waals surface area contributed by atoms with Crippen LogP contribution in [0.25, 0.3) is 11.2 Å². The molecule has 192 valence electrons. The molecule has 2 aromatic heterocycles. The number of benzene rings is 1. The van der Waals surface area contributed by atoms with Crippen LogP contribution >= 0.6 is 0 Å². The van der Waals surface area contributed by atoms with Gasteiger partial charge in [0.15, 0.2) is 33.0 Å². The van der Waals surface area contributed by atoms with E-state index in [0.717, 1.165) is 0 Å². The second-order valence-electron chi connectivity index (χ2n) is 8.63. The third kappa shape index (κ3) is 4.96. The van der Waals surface area contributed by atoms with Gasteiger partial charge in [0, 0.05) is 18.7 Å². The molecule has 0 spiro atoms. The molecule has 2 saturated heterocycles. The van der Waals surface area contributed by atoms with E-state index in [-0.39, 0.29) is 30.0 Å². The Kier molecular flexibility index (Phi) is 6.96. The summed E-state index contributed by atoms with van der Waals surface area (Å²) in [5, 5.41) is 23.2. The molecule has 3 aromatic rings. The van der Waals surface area contributed by atoms with Gasteiger partial charge in [-0.05, 0) is 12.1 Å². The Hall–Kier alpha value is -3.01. The SMILES string of the molecule is O=C(Nc1ncnc2c1ncn2[C@@H]1O[C@H](CO)C(O)C1OCN1CCS(=O)(=O)CC1)c1ccccc1. The van der Waals surface area contributed by atoms with Gasteiger partial charge in [-0.2, -0.15) is 0 Å². The normalized spacial score (nSPS) is 26.3. The summed E-state index contributed by atoms with van der Waals surface area (Å²) in [4.78, 5) is 27.2. The highest BCUT2D eigenvalue weighted by molar-refractivity contribution is 7.91. The molecule has 0 aliphatic carbocycles. The average Bonchev–Trinajstić information content (AvgIpc) is 3.45. The summed E-state index contributed by atoms with van der Waals surface area (Å²) in [6.07, 6.45) is -1.11. The van der Waals surface area contributed by atoms with Gasteiger partial charge in [-0.3, -0.25) is 14.3 Å². The molecule has 2 fully saturated rings. The Morgan fingerprint density at radius 3 is 2.64 bits per heavy atom. The predicted octanol–water partition coefficient (Wildman–Crippen LogP) is -0.598. The summed E-state index contributed by atoms with van der Waals surface area (Å²) < 4.78 is 36.8. The van der Waals surface area contributed by atoms with E-state index in [1.807, 2.05) is 11.0 Å². The Morgan fingerprint density at radius 2 is 1.92 bits per heavy atom. The van der Waals surface area contributed by atoms with E-state index in [9.17, 15) is 23.4 Å². The van der Waals surface area contributed by atoms with E-state index in [1.54, 1.807) is 28.8 Å². The monoisotopic (exact) mass is 518 g/mol. The van der Waals surface area contributed by atoms with Crippen LogP contribution < -0.4 is 5.32 Å². The van der Waals surface area contributed by atoms with Gasteiger partial charge < -0.3 is 25.0 Å². The molecule has 0 bridgehead atoms. The Morgan fingerprint density at radius 1 is 1.17 bits per heavy atom. The van der Waals surface area contributed by atoms with Gasteiger partial charge in [0.1, 0.15) is 24.6 Å². The third-order valence-corrected chi connectivity index (χ3v) is 7.89. The summed E-state index contributed by atoms with van der Waals surface area (Å²) in [6, 6.07) is 8.66. The lowest BCUT2D eigenvalue weighted by molar-refractivity contribution is -0.0980. The lowest BCUT2D eigenvalue weighted by Crippen LogP contribution is -2.44. The first kappa shape index (κ1) is 24.7. The zero-order valence-electron chi connectivity index (χ0n) is 19.2. The molecule has 3 N–H and O–H groups in total. The molecule has 2 aliphatic heterocycles. The Bertz CT molecular complexity index is 1320. The summed E-state index contributed by atoms with van der Waals surface area (Å²) in [5.41, 5.74) is 1.10. The molecule has 0 radical (unpaired) electrons. The van der Waals surface area contributed by atoms with Crippen molar-refractivity contribution in [1.29, 1.82) is 0 Å². The van der Waals surface area contributed by atoms with Crippen LogP contribution in [0, 0.1) is 0 Å². The van der Waals surface area contributed by atoms with Crippen LogP contribution in [0.15, 0.2) is 43.0 Å². The van der Waals surface area contributed by atoms with E-state index in [2.05, 4.69) is 20.3 Å². The fourth-order valence-corrected chi connectivity index (χ4v) is 5.52. The van der Waals surface area contributed by atoms with Crippen molar-refractivity contribution in [2.75, 3.05) is 43.2 Å². The molecule has 1 aromatic carbocycles. The fourth-order valence-electron chi connectivity index (χ4n) is 4.24. The number of aliphatic hydroxyl groups is 2. The Labute approximate surface area is 206 Å². The van der Waals surface area contributed by atoms with Gasteiger partial charge >= 0.3 is 0 Å². The minimum absolute atomic E-state index is 0.0450. The van der Waals surface area contributed by atoms with Crippen LogP contribution in [0.4, 0.5) is 5.82 Å².